The van der Waals surface area contributed by atoms with E-state index in [1.807, 2.05) is 0 Å². The molecular weight excluding hydrogens is 184 g/mol. The second kappa shape index (κ2) is 61.4. The standard InChI is InChI=1S/Al.Co.Li.Ni.2H2O.4H/h;;;;2*1H2;;;;/q;;+1;;;;;;;-1. The summed E-state index contributed by atoms with van der Waals surface area (Å²) < 4.78 is 0. The molecule has 0 aliphatic rings. The Morgan fingerprint density at radius 1 is 1.00 bits per heavy atom. The van der Waals surface area contributed by atoms with E-state index in [4.69, 9.17) is 0 Å². The van der Waals surface area contributed by atoms with E-state index in [0.29, 0.717) is 0 Å². The summed E-state index contributed by atoms with van der Waals surface area (Å²) in [7, 11) is 0. The molecule has 0 fully saturated rings. The first-order valence-electron chi connectivity index (χ1n) is 0. The first-order chi connectivity index (χ1) is 0. The Hall–Kier alpha value is 2.05. The normalized spacial score (nSPS) is 0. The summed E-state index contributed by atoms with van der Waals surface area (Å²) in [5.74, 6) is 0. The van der Waals surface area contributed by atoms with Crippen molar-refractivity contribution < 1.29 is 64.5 Å². The van der Waals surface area contributed by atoms with Crippen molar-refractivity contribution >= 4 is 17.4 Å². The van der Waals surface area contributed by atoms with Crippen molar-refractivity contribution in [3.63, 3.8) is 0 Å². The van der Waals surface area contributed by atoms with E-state index in [2.05, 4.69) is 0 Å². The fourth-order valence-corrected chi connectivity index (χ4v) is 0. The summed E-state index contributed by atoms with van der Waals surface area (Å²) in [6.45, 7) is 0. The van der Waals surface area contributed by atoms with Crippen molar-refractivity contribution in [1.29, 1.82) is 0 Å². The first-order valence-corrected chi connectivity index (χ1v) is 0. The molecule has 6 heavy (non-hydrogen) atoms. The van der Waals surface area contributed by atoms with Crippen LogP contribution in [0.15, 0.2) is 0 Å². The van der Waals surface area contributed by atoms with Gasteiger partial charge >= 0.3 is 18.9 Å². The van der Waals surface area contributed by atoms with Crippen LogP contribution in [0.2, 0.25) is 0 Å². The molecular formula is H8AlCoLiNiO2. The predicted molar refractivity (Wildman–Crippen MR) is 18.3 cm³/mol. The molecule has 4 N–H and O–H groups in total. The van der Waals surface area contributed by atoms with E-state index in [0.717, 1.165) is 0 Å². The summed E-state index contributed by atoms with van der Waals surface area (Å²) in [5, 5.41) is 0. The molecule has 0 aromatic carbocycles. The van der Waals surface area contributed by atoms with Crippen LogP contribution in [0, 0.1) is 0 Å². The van der Waals surface area contributed by atoms with Crippen LogP contribution in [0.1, 0.15) is 1.43 Å². The van der Waals surface area contributed by atoms with E-state index >= 15 is 0 Å². The molecule has 0 aliphatic carbocycles. The van der Waals surface area contributed by atoms with Crippen molar-refractivity contribution in [1.82, 2.24) is 0 Å². The molecule has 0 rings (SSSR count). The van der Waals surface area contributed by atoms with Gasteiger partial charge < -0.3 is 12.4 Å². The van der Waals surface area contributed by atoms with Crippen molar-refractivity contribution in [2.75, 3.05) is 0 Å². The molecule has 0 bridgehead atoms. The van der Waals surface area contributed by atoms with Crippen LogP contribution >= 0.6 is 0 Å². The fraction of sp³-hybridized carbons (Fsp3) is 0. The van der Waals surface area contributed by atoms with Gasteiger partial charge in [-0.25, -0.2) is 0 Å². The van der Waals surface area contributed by atoms with Gasteiger partial charge in [0.2, 0.25) is 0 Å². The van der Waals surface area contributed by atoms with Gasteiger partial charge in [0.1, 0.15) is 0 Å². The van der Waals surface area contributed by atoms with Gasteiger partial charge in [-0.15, -0.1) is 0 Å². The largest absolute Gasteiger partial charge is 1.00 e. The van der Waals surface area contributed by atoms with Gasteiger partial charge in [-0.05, 0) is 0 Å². The number of hydrogen-bond acceptors (Lipinski definition) is 0. The minimum atomic E-state index is 0. The molecule has 43 valence electrons. The molecule has 1 radical (unpaired) electrons. The maximum absolute atomic E-state index is 0. The van der Waals surface area contributed by atoms with Crippen LogP contribution in [0.3, 0.4) is 0 Å². The summed E-state index contributed by atoms with van der Waals surface area (Å²) in [5.41, 5.74) is 0. The van der Waals surface area contributed by atoms with Crippen molar-refractivity contribution in [2.24, 2.45) is 0 Å². The van der Waals surface area contributed by atoms with Crippen molar-refractivity contribution in [3.8, 4) is 0 Å². The second-order valence-electron chi connectivity index (χ2n) is 0. The van der Waals surface area contributed by atoms with Gasteiger partial charge in [-0.2, -0.15) is 0 Å². The number of rotatable bonds is 0. The SMILES string of the molecule is O.O.[AlH3].[Co].[H-].[Li+].[Ni]. The van der Waals surface area contributed by atoms with Gasteiger partial charge in [-0.1, -0.05) is 0 Å². The minimum Gasteiger partial charge on any atom is -1.00 e. The molecule has 0 amide bonds. The summed E-state index contributed by atoms with van der Waals surface area (Å²) in [4.78, 5) is 0. The van der Waals surface area contributed by atoms with Crippen LogP contribution in [0.25, 0.3) is 0 Å². The summed E-state index contributed by atoms with van der Waals surface area (Å²) >= 11 is 0. The topological polar surface area (TPSA) is 63.0 Å². The Morgan fingerprint density at radius 3 is 1.00 bits per heavy atom. The Bertz CT molecular complexity index is 17.7. The van der Waals surface area contributed by atoms with Gasteiger partial charge in [0.05, 0.1) is 0 Å². The molecule has 0 aliphatic heterocycles. The molecule has 0 heterocycles. The van der Waals surface area contributed by atoms with E-state index in [1.165, 1.54) is 0 Å². The molecule has 0 unspecified atom stereocenters. The van der Waals surface area contributed by atoms with E-state index in [-0.39, 0.29) is 81.9 Å². The zero-order valence-electron chi connectivity index (χ0n) is 3.65. The zero-order chi connectivity index (χ0) is 0. The summed E-state index contributed by atoms with van der Waals surface area (Å²) in [6, 6.07) is 0. The predicted octanol–water partition coefficient (Wildman–Crippen LogP) is -5.72. The molecule has 0 spiro atoms. The Kier molecular flexibility index (Phi) is 974. The van der Waals surface area contributed by atoms with Crippen LogP contribution < -0.4 is 18.9 Å². The number of hydrogen-bond donors (Lipinski definition) is 0. The van der Waals surface area contributed by atoms with Gasteiger partial charge in [0, 0.05) is 33.3 Å². The quantitative estimate of drug-likeness (QED) is 0.343. The average Bonchev–Trinajstić information content (AvgIpc) is 0. The van der Waals surface area contributed by atoms with E-state index < -0.39 is 0 Å². The van der Waals surface area contributed by atoms with E-state index in [1.54, 1.807) is 0 Å². The van der Waals surface area contributed by atoms with Crippen LogP contribution in [-0.4, -0.2) is 28.3 Å². The second-order valence-corrected chi connectivity index (χ2v) is 0. The average molecular weight is 192 g/mol. The van der Waals surface area contributed by atoms with Gasteiger partial charge in [0.25, 0.3) is 0 Å². The Labute approximate surface area is 81.4 Å². The van der Waals surface area contributed by atoms with Crippen LogP contribution in [0.5, 0.6) is 0 Å². The Balaban J connectivity index is 0. The molecule has 0 aromatic heterocycles. The van der Waals surface area contributed by atoms with Gasteiger partial charge in [0.15, 0.2) is 17.4 Å². The van der Waals surface area contributed by atoms with Crippen LogP contribution in [0.4, 0.5) is 0 Å². The van der Waals surface area contributed by atoms with Gasteiger partial charge in [-0.3, -0.25) is 0 Å². The molecule has 0 saturated carbocycles. The first kappa shape index (κ1) is 95.2. The maximum Gasteiger partial charge on any atom is 1.00 e. The smallest absolute Gasteiger partial charge is 1.00 e. The van der Waals surface area contributed by atoms with E-state index in [9.17, 15) is 0 Å². The van der Waals surface area contributed by atoms with Crippen LogP contribution in [-0.2, 0) is 33.3 Å². The van der Waals surface area contributed by atoms with Crippen molar-refractivity contribution in [3.05, 3.63) is 0 Å². The third kappa shape index (κ3) is 36.7. The monoisotopic (exact) mass is 191 g/mol. The third-order valence-electron chi connectivity index (χ3n) is 0. The summed E-state index contributed by atoms with van der Waals surface area (Å²) in [6.07, 6.45) is 0. The molecule has 6 heteroatoms. The fourth-order valence-electron chi connectivity index (χ4n) is 0. The third-order valence-corrected chi connectivity index (χ3v) is 0. The molecule has 0 aromatic rings. The molecule has 0 atom stereocenters. The zero-order valence-corrected chi connectivity index (χ0v) is 4.68. The molecule has 2 nitrogen and oxygen atoms in total. The maximum atomic E-state index is 0. The molecule has 0 saturated heterocycles. The Morgan fingerprint density at radius 2 is 1.00 bits per heavy atom. The minimum absolute atomic E-state index is 0. The van der Waals surface area contributed by atoms with Crippen molar-refractivity contribution in [2.45, 2.75) is 0 Å².